The van der Waals surface area contributed by atoms with Gasteiger partial charge in [-0.15, -0.1) is 0 Å². The van der Waals surface area contributed by atoms with Crippen molar-refractivity contribution in [1.29, 1.82) is 0 Å². The summed E-state index contributed by atoms with van der Waals surface area (Å²) in [5.41, 5.74) is 7.35. The molecular weight excluding hydrogens is 388 g/mol. The standard InChI is InChI=1S/C11H13NO2.2H2O.2Y/c12-11(14)8-4-7-10(13)9-5-2-1-3-6-9;;;;/h1-3,5-6H,4,7-8H2,(H2,12,14);2*1H2;;/p-1. The molecule has 1 amide bonds. The van der Waals surface area contributed by atoms with Gasteiger partial charge in [0.15, 0.2) is 5.78 Å². The molecule has 0 aliphatic heterocycles. The van der Waals surface area contributed by atoms with Gasteiger partial charge in [-0.05, 0) is 12.8 Å². The summed E-state index contributed by atoms with van der Waals surface area (Å²) in [7, 11) is 0. The van der Waals surface area contributed by atoms with Crippen molar-refractivity contribution in [2.75, 3.05) is 0 Å². The maximum absolute atomic E-state index is 11.5. The summed E-state index contributed by atoms with van der Waals surface area (Å²) in [6.45, 7) is 0. The van der Waals surface area contributed by atoms with Crippen LogP contribution in [0.1, 0.15) is 29.6 Å². The van der Waals surface area contributed by atoms with Crippen LogP contribution in [0.3, 0.4) is 0 Å². The minimum atomic E-state index is -0.606. The second-order valence-electron chi connectivity index (χ2n) is 3.07. The Balaban J connectivity index is -0.000000245. The van der Waals surface area contributed by atoms with Crippen LogP contribution in [0.15, 0.2) is 30.3 Å². The minimum absolute atomic E-state index is 0. The van der Waals surface area contributed by atoms with E-state index in [0.29, 0.717) is 18.4 Å². The van der Waals surface area contributed by atoms with Gasteiger partial charge in [-0.2, -0.15) is 0 Å². The van der Waals surface area contributed by atoms with E-state index in [1.807, 2.05) is 18.2 Å². The van der Waals surface area contributed by atoms with Crippen molar-refractivity contribution < 1.29 is 86.0 Å². The number of carbonyl (C=O) groups is 2. The Morgan fingerprint density at radius 2 is 1.44 bits per heavy atom. The zero-order valence-electron chi connectivity index (χ0n) is 9.98. The molecular formula is C11H16NO4Y2-. The molecule has 1 rings (SSSR count). The Morgan fingerprint density at radius 1 is 0.944 bits per heavy atom. The third-order valence-electron chi connectivity index (χ3n) is 1.90. The maximum atomic E-state index is 11.5. The largest absolute Gasteiger partial charge is 0.668 e. The van der Waals surface area contributed by atoms with E-state index in [0.717, 1.165) is 0 Å². The van der Waals surface area contributed by atoms with Crippen molar-refractivity contribution in [3.05, 3.63) is 41.6 Å². The molecule has 0 atom stereocenters. The van der Waals surface area contributed by atoms with Gasteiger partial charge in [0.2, 0.25) is 0 Å². The number of ketones is 1. The van der Waals surface area contributed by atoms with Crippen LogP contribution < -0.4 is 0 Å². The van der Waals surface area contributed by atoms with E-state index in [2.05, 4.69) is 0 Å². The molecule has 0 bridgehead atoms. The summed E-state index contributed by atoms with van der Waals surface area (Å²) < 4.78 is 0. The smallest absolute Gasteiger partial charge is 0.162 e. The summed E-state index contributed by atoms with van der Waals surface area (Å²) in [6.07, 6.45) is 0.975. The van der Waals surface area contributed by atoms with Crippen molar-refractivity contribution >= 4 is 11.7 Å². The maximum Gasteiger partial charge on any atom is 0.162 e. The fraction of sp³-hybridized carbons (Fsp3) is 0.273. The fourth-order valence-electron chi connectivity index (χ4n) is 1.18. The summed E-state index contributed by atoms with van der Waals surface area (Å²) >= 11 is 0. The Bertz CT molecular complexity index is 333. The third-order valence-corrected chi connectivity index (χ3v) is 1.90. The van der Waals surface area contributed by atoms with Crippen LogP contribution in [0.25, 0.3) is 5.73 Å². The zero-order chi connectivity index (χ0) is 10.4. The minimum Gasteiger partial charge on any atom is -0.668 e. The first-order valence-corrected chi connectivity index (χ1v) is 4.53. The van der Waals surface area contributed by atoms with Crippen LogP contribution >= 0.6 is 0 Å². The van der Waals surface area contributed by atoms with E-state index >= 15 is 0 Å². The monoisotopic (exact) mass is 404 g/mol. The Morgan fingerprint density at radius 3 is 1.89 bits per heavy atom. The number of hydrogen-bond acceptors (Lipinski definition) is 2. The fourth-order valence-corrected chi connectivity index (χ4v) is 1.18. The van der Waals surface area contributed by atoms with Gasteiger partial charge in [-0.1, -0.05) is 30.3 Å². The number of amides is 1. The molecule has 1 aromatic carbocycles. The quantitative estimate of drug-likeness (QED) is 0.680. The number of carbonyl (C=O) groups excluding carboxylic acids is 2. The Hall–Kier alpha value is 0.488. The van der Waals surface area contributed by atoms with Crippen LogP contribution in [0.2, 0.25) is 0 Å². The normalized spacial score (nSPS) is 7.56. The average molecular weight is 404 g/mol. The molecule has 0 heterocycles. The second-order valence-corrected chi connectivity index (χ2v) is 3.07. The molecule has 0 unspecified atom stereocenters. The number of hydrogen-bond donors (Lipinski definition) is 0. The first-order chi connectivity index (χ1) is 6.70. The molecule has 0 saturated heterocycles. The number of Topliss-reactive ketones (excluding diaryl/α,β-unsaturated/α-hetero) is 1. The number of nitrogens with one attached hydrogen (secondary N) is 1. The topological polar surface area (TPSA) is 121 Å². The van der Waals surface area contributed by atoms with E-state index in [1.165, 1.54) is 0 Å². The summed E-state index contributed by atoms with van der Waals surface area (Å²) in [6, 6.07) is 8.98. The van der Waals surface area contributed by atoms with Crippen molar-refractivity contribution in [3.63, 3.8) is 0 Å². The summed E-state index contributed by atoms with van der Waals surface area (Å²) in [5, 5.41) is 0. The Labute approximate surface area is 157 Å². The molecule has 0 spiro atoms. The van der Waals surface area contributed by atoms with Gasteiger partial charge in [0, 0.05) is 83.3 Å². The van der Waals surface area contributed by atoms with Crippen LogP contribution in [0.4, 0.5) is 0 Å². The van der Waals surface area contributed by atoms with E-state index in [-0.39, 0.29) is 88.6 Å². The van der Waals surface area contributed by atoms with Gasteiger partial charge in [0.25, 0.3) is 0 Å². The summed E-state index contributed by atoms with van der Waals surface area (Å²) in [4.78, 5) is 21.8. The van der Waals surface area contributed by atoms with Gasteiger partial charge < -0.3 is 21.5 Å². The summed E-state index contributed by atoms with van der Waals surface area (Å²) in [5.74, 6) is -0.572. The van der Waals surface area contributed by atoms with Crippen LogP contribution in [0, 0.1) is 0 Å². The molecule has 0 aliphatic carbocycles. The van der Waals surface area contributed by atoms with Crippen LogP contribution in [-0.2, 0) is 70.2 Å². The predicted molar refractivity (Wildman–Crippen MR) is 61.2 cm³/mol. The van der Waals surface area contributed by atoms with Gasteiger partial charge >= 0.3 is 0 Å². The van der Waals surface area contributed by atoms with Gasteiger partial charge in [-0.3, -0.25) is 4.79 Å². The molecule has 18 heavy (non-hydrogen) atoms. The third kappa shape index (κ3) is 11.6. The van der Waals surface area contributed by atoms with Gasteiger partial charge in [0.1, 0.15) is 0 Å². The molecule has 0 aromatic heterocycles. The predicted octanol–water partition coefficient (Wildman–Crippen LogP) is 0.964. The van der Waals surface area contributed by atoms with Crippen molar-refractivity contribution in [2.45, 2.75) is 19.3 Å². The Kier molecular flexibility index (Phi) is 23.3. The van der Waals surface area contributed by atoms with E-state index in [9.17, 15) is 9.59 Å². The molecule has 0 fully saturated rings. The zero-order valence-corrected chi connectivity index (χ0v) is 15.7. The van der Waals surface area contributed by atoms with Crippen LogP contribution in [-0.4, -0.2) is 22.6 Å². The second kappa shape index (κ2) is 15.5. The van der Waals surface area contributed by atoms with Crippen molar-refractivity contribution in [3.8, 4) is 0 Å². The van der Waals surface area contributed by atoms with Gasteiger partial charge in [-0.25, -0.2) is 0 Å². The molecule has 96 valence electrons. The molecule has 5 N–H and O–H groups in total. The van der Waals surface area contributed by atoms with E-state index < -0.39 is 5.91 Å². The molecule has 0 aliphatic rings. The number of benzene rings is 1. The average Bonchev–Trinajstić information content (AvgIpc) is 2.18. The molecule has 2 radical (unpaired) electrons. The molecule has 7 heteroatoms. The van der Waals surface area contributed by atoms with Crippen molar-refractivity contribution in [1.82, 2.24) is 0 Å². The van der Waals surface area contributed by atoms with E-state index in [4.69, 9.17) is 5.73 Å². The first-order valence-electron chi connectivity index (χ1n) is 4.53. The first kappa shape index (κ1) is 26.9. The molecule has 0 saturated carbocycles. The van der Waals surface area contributed by atoms with Gasteiger partial charge in [0.05, 0.1) is 0 Å². The number of rotatable bonds is 5. The molecule has 1 aromatic rings. The molecule has 5 nitrogen and oxygen atoms in total. The van der Waals surface area contributed by atoms with Crippen molar-refractivity contribution in [2.24, 2.45) is 0 Å². The van der Waals surface area contributed by atoms with Crippen LogP contribution in [0.5, 0.6) is 0 Å². The SMILES string of the molecule is O.O.[NH-]C(=O)CCCC(=O)c1ccccc1.[Y].[Y]. The van der Waals surface area contributed by atoms with E-state index in [1.54, 1.807) is 12.1 Å².